The van der Waals surface area contributed by atoms with E-state index >= 15 is 0 Å². The van der Waals surface area contributed by atoms with Crippen LogP contribution in [0.2, 0.25) is 0 Å². The number of benzene rings is 2. The lowest BCUT2D eigenvalue weighted by Crippen LogP contribution is -1.89. The van der Waals surface area contributed by atoms with Crippen LogP contribution in [-0.4, -0.2) is 4.98 Å². The van der Waals surface area contributed by atoms with Crippen LogP contribution < -0.4 is 5.32 Å². The second kappa shape index (κ2) is 4.66. The maximum atomic E-state index is 13.1. The Bertz CT molecular complexity index is 711. The van der Waals surface area contributed by atoms with Crippen LogP contribution in [0, 0.1) is 5.82 Å². The predicted octanol–water partition coefficient (Wildman–Crippen LogP) is 4.94. The monoisotopic (exact) mass is 322 g/mol. The van der Waals surface area contributed by atoms with Crippen LogP contribution >= 0.6 is 27.3 Å². The van der Waals surface area contributed by atoms with Gasteiger partial charge in [-0.15, -0.1) is 0 Å². The first-order valence-electron chi connectivity index (χ1n) is 5.29. The molecule has 2 nitrogen and oxygen atoms in total. The van der Waals surface area contributed by atoms with Crippen LogP contribution in [-0.2, 0) is 0 Å². The van der Waals surface area contributed by atoms with E-state index in [4.69, 9.17) is 0 Å². The Morgan fingerprint density at radius 2 is 2.06 bits per heavy atom. The second-order valence-electron chi connectivity index (χ2n) is 3.77. The van der Waals surface area contributed by atoms with Crippen molar-refractivity contribution in [3.05, 3.63) is 52.8 Å². The van der Waals surface area contributed by atoms with Gasteiger partial charge in [0.15, 0.2) is 5.13 Å². The number of nitrogens with one attached hydrogen (secondary N) is 1. The summed E-state index contributed by atoms with van der Waals surface area (Å²) in [7, 11) is 0. The normalized spacial score (nSPS) is 10.8. The fraction of sp³-hybridized carbons (Fsp3) is 0. The van der Waals surface area contributed by atoms with Crippen molar-refractivity contribution in [2.45, 2.75) is 0 Å². The molecule has 1 aromatic heterocycles. The summed E-state index contributed by atoms with van der Waals surface area (Å²) < 4.78 is 15.2. The van der Waals surface area contributed by atoms with Gasteiger partial charge >= 0.3 is 0 Å². The number of aromatic nitrogens is 1. The fourth-order valence-corrected chi connectivity index (χ4v) is 2.86. The molecule has 0 bridgehead atoms. The number of hydrogen-bond acceptors (Lipinski definition) is 3. The van der Waals surface area contributed by atoms with Crippen LogP contribution in [0.4, 0.5) is 15.2 Å². The van der Waals surface area contributed by atoms with Crippen molar-refractivity contribution in [3.8, 4) is 0 Å². The first-order valence-corrected chi connectivity index (χ1v) is 6.90. The van der Waals surface area contributed by atoms with Gasteiger partial charge in [-0.2, -0.15) is 0 Å². The third-order valence-electron chi connectivity index (χ3n) is 2.43. The van der Waals surface area contributed by atoms with Crippen LogP contribution in [0.5, 0.6) is 0 Å². The maximum absolute atomic E-state index is 13.1. The predicted molar refractivity (Wildman–Crippen MR) is 77.0 cm³/mol. The van der Waals surface area contributed by atoms with E-state index in [0.717, 1.165) is 19.8 Å². The van der Waals surface area contributed by atoms with Gasteiger partial charge in [-0.1, -0.05) is 33.3 Å². The average molecular weight is 323 g/mol. The minimum atomic E-state index is -0.260. The van der Waals surface area contributed by atoms with Crippen molar-refractivity contribution in [3.63, 3.8) is 0 Å². The molecule has 0 saturated carbocycles. The number of thiazole rings is 1. The molecule has 1 N–H and O–H groups in total. The number of nitrogens with zero attached hydrogens (tertiary/aromatic N) is 1. The van der Waals surface area contributed by atoms with Gasteiger partial charge < -0.3 is 5.32 Å². The summed E-state index contributed by atoms with van der Waals surface area (Å²) in [6.45, 7) is 0. The molecule has 1 heterocycles. The third-order valence-corrected chi connectivity index (χ3v) is 3.87. The molecule has 90 valence electrons. The summed E-state index contributed by atoms with van der Waals surface area (Å²) in [5.74, 6) is -0.260. The molecule has 0 atom stereocenters. The Hall–Kier alpha value is -1.46. The molecule has 2 aromatic carbocycles. The van der Waals surface area contributed by atoms with E-state index < -0.39 is 0 Å². The number of fused-ring (bicyclic) bond motifs is 1. The number of anilines is 2. The lowest BCUT2D eigenvalue weighted by atomic mass is 10.3. The Labute approximate surface area is 116 Å². The molecular weight excluding hydrogens is 315 g/mol. The highest BCUT2D eigenvalue weighted by Crippen LogP contribution is 2.30. The van der Waals surface area contributed by atoms with Crippen molar-refractivity contribution in [1.82, 2.24) is 4.98 Å². The van der Waals surface area contributed by atoms with Gasteiger partial charge in [0, 0.05) is 10.2 Å². The maximum Gasteiger partial charge on any atom is 0.188 e. The minimum absolute atomic E-state index is 0.260. The van der Waals surface area contributed by atoms with Crippen LogP contribution in [0.25, 0.3) is 10.2 Å². The zero-order valence-electron chi connectivity index (χ0n) is 9.15. The zero-order chi connectivity index (χ0) is 12.5. The highest BCUT2D eigenvalue weighted by Gasteiger charge is 2.04. The number of halogens is 2. The van der Waals surface area contributed by atoms with Gasteiger partial charge in [-0.3, -0.25) is 0 Å². The van der Waals surface area contributed by atoms with Gasteiger partial charge in [0.2, 0.25) is 0 Å². The molecule has 0 fully saturated rings. The Balaban J connectivity index is 1.95. The van der Waals surface area contributed by atoms with E-state index in [9.17, 15) is 4.39 Å². The molecule has 0 spiro atoms. The molecular formula is C13H8BrFN2S. The minimum Gasteiger partial charge on any atom is -0.331 e. The quantitative estimate of drug-likeness (QED) is 0.722. The van der Waals surface area contributed by atoms with Gasteiger partial charge in [-0.25, -0.2) is 9.37 Å². The Morgan fingerprint density at radius 3 is 2.89 bits per heavy atom. The Kier molecular flexibility index (Phi) is 3.01. The second-order valence-corrected chi connectivity index (χ2v) is 5.71. The van der Waals surface area contributed by atoms with Crippen molar-refractivity contribution >= 4 is 48.3 Å². The average Bonchev–Trinajstić information content (AvgIpc) is 2.70. The van der Waals surface area contributed by atoms with E-state index in [-0.39, 0.29) is 5.82 Å². The van der Waals surface area contributed by atoms with Crippen molar-refractivity contribution in [2.75, 3.05) is 5.32 Å². The number of hydrogen-bond donors (Lipinski definition) is 1. The van der Waals surface area contributed by atoms with Crippen molar-refractivity contribution < 1.29 is 4.39 Å². The van der Waals surface area contributed by atoms with Crippen LogP contribution in [0.15, 0.2) is 46.9 Å². The molecule has 0 unspecified atom stereocenters. The third kappa shape index (κ3) is 2.37. The van der Waals surface area contributed by atoms with E-state index in [0.29, 0.717) is 5.69 Å². The number of rotatable bonds is 2. The van der Waals surface area contributed by atoms with Crippen LogP contribution in [0.3, 0.4) is 0 Å². The van der Waals surface area contributed by atoms with Gasteiger partial charge in [0.1, 0.15) is 5.82 Å². The molecule has 0 aliphatic carbocycles. The fourth-order valence-electron chi connectivity index (χ4n) is 1.64. The first-order chi connectivity index (χ1) is 8.70. The summed E-state index contributed by atoms with van der Waals surface area (Å²) in [5, 5.41) is 3.86. The summed E-state index contributed by atoms with van der Waals surface area (Å²) in [5.41, 5.74) is 1.63. The van der Waals surface area contributed by atoms with E-state index in [1.165, 1.54) is 12.1 Å². The van der Waals surface area contributed by atoms with Gasteiger partial charge in [0.25, 0.3) is 0 Å². The molecule has 0 radical (unpaired) electrons. The molecule has 0 aliphatic rings. The van der Waals surface area contributed by atoms with E-state index in [1.807, 2.05) is 24.3 Å². The molecule has 18 heavy (non-hydrogen) atoms. The molecule has 3 aromatic rings. The highest BCUT2D eigenvalue weighted by molar-refractivity contribution is 9.10. The van der Waals surface area contributed by atoms with E-state index in [2.05, 4.69) is 26.2 Å². The smallest absolute Gasteiger partial charge is 0.188 e. The highest BCUT2D eigenvalue weighted by atomic mass is 79.9. The first kappa shape index (κ1) is 11.6. The van der Waals surface area contributed by atoms with Gasteiger partial charge in [0.05, 0.1) is 10.2 Å². The molecule has 5 heteroatoms. The topological polar surface area (TPSA) is 24.9 Å². The van der Waals surface area contributed by atoms with Crippen LogP contribution in [0.1, 0.15) is 0 Å². The van der Waals surface area contributed by atoms with E-state index in [1.54, 1.807) is 17.4 Å². The Morgan fingerprint density at radius 1 is 1.17 bits per heavy atom. The largest absolute Gasteiger partial charge is 0.331 e. The standard InChI is InChI=1S/C13H8BrFN2S/c14-8-4-5-12-11(6-8)17-13(18-12)16-10-3-1-2-9(15)7-10/h1-7H,(H,16,17). The zero-order valence-corrected chi connectivity index (χ0v) is 11.6. The van der Waals surface area contributed by atoms with Crippen molar-refractivity contribution in [1.29, 1.82) is 0 Å². The SMILES string of the molecule is Fc1cccc(Nc2nc3cc(Br)ccc3s2)c1. The molecule has 0 aliphatic heterocycles. The summed E-state index contributed by atoms with van der Waals surface area (Å²) in [6, 6.07) is 12.3. The summed E-state index contributed by atoms with van der Waals surface area (Å²) >= 11 is 4.95. The molecule has 0 amide bonds. The molecule has 3 rings (SSSR count). The lowest BCUT2D eigenvalue weighted by Gasteiger charge is -2.01. The summed E-state index contributed by atoms with van der Waals surface area (Å²) in [6.07, 6.45) is 0. The van der Waals surface area contributed by atoms with Crippen molar-refractivity contribution in [2.24, 2.45) is 0 Å². The lowest BCUT2D eigenvalue weighted by molar-refractivity contribution is 0.628. The summed E-state index contributed by atoms with van der Waals surface area (Å²) in [4.78, 5) is 4.45. The van der Waals surface area contributed by atoms with Gasteiger partial charge in [-0.05, 0) is 36.4 Å². The molecule has 0 saturated heterocycles.